The fourth-order valence-corrected chi connectivity index (χ4v) is 5.09. The van der Waals surface area contributed by atoms with Gasteiger partial charge in [-0.05, 0) is 12.8 Å². The molecule has 0 spiro atoms. The molecule has 0 aromatic rings. The second-order valence-corrected chi connectivity index (χ2v) is 11.1. The number of allylic oxidation sites excluding steroid dienone is 1. The Balaban J connectivity index is 2.23. The first-order valence-corrected chi connectivity index (χ1v) is 14.7. The second-order valence-electron chi connectivity index (χ2n) is 9.77. The lowest BCUT2D eigenvalue weighted by Crippen LogP contribution is -2.68. The summed E-state index contributed by atoms with van der Waals surface area (Å²) >= 11 is 0. The molecule has 0 saturated heterocycles. The number of rotatable bonds is 19. The SMILES string of the molecule is CCCCCCCCCCCCC/C=C/[C@@H](O)[C@@H]([NH3+])COP(=O)([O-])OC1C(O)C(O)C(O)[C@@H](O)C1O. The summed E-state index contributed by atoms with van der Waals surface area (Å²) in [7, 11) is -5.11. The molecular weight excluding hydrogens is 493 g/mol. The number of hydrogen-bond acceptors (Lipinski definition) is 10. The highest BCUT2D eigenvalue weighted by Crippen LogP contribution is 2.43. The van der Waals surface area contributed by atoms with E-state index in [2.05, 4.69) is 17.2 Å². The van der Waals surface area contributed by atoms with E-state index < -0.39 is 63.2 Å². The molecule has 1 aliphatic rings. The highest BCUT2D eigenvalue weighted by Gasteiger charge is 2.50. The minimum Gasteiger partial charge on any atom is -0.756 e. The van der Waals surface area contributed by atoms with Gasteiger partial charge in [0.1, 0.15) is 55.4 Å². The third-order valence-electron chi connectivity index (χ3n) is 6.56. The first kappa shape index (κ1) is 33.6. The number of aliphatic hydroxyl groups is 6. The van der Waals surface area contributed by atoms with Crippen LogP contribution in [0.25, 0.3) is 0 Å². The van der Waals surface area contributed by atoms with Crippen molar-refractivity contribution in [3.63, 3.8) is 0 Å². The minimum absolute atomic E-state index is 0.530. The Morgan fingerprint density at radius 2 is 1.28 bits per heavy atom. The van der Waals surface area contributed by atoms with Crippen molar-refractivity contribution < 1.29 is 54.9 Å². The molecule has 1 rings (SSSR count). The molecule has 36 heavy (non-hydrogen) atoms. The first-order chi connectivity index (χ1) is 17.0. The van der Waals surface area contributed by atoms with Gasteiger partial charge < -0.3 is 50.3 Å². The highest BCUT2D eigenvalue weighted by atomic mass is 31.2. The minimum atomic E-state index is -5.11. The van der Waals surface area contributed by atoms with Crippen molar-refractivity contribution in [3.05, 3.63) is 12.2 Å². The largest absolute Gasteiger partial charge is 0.756 e. The summed E-state index contributed by atoms with van der Waals surface area (Å²) in [6.45, 7) is 1.69. The molecule has 12 heteroatoms. The van der Waals surface area contributed by atoms with Gasteiger partial charge in [-0.25, -0.2) is 0 Å². The Labute approximate surface area is 214 Å². The lowest BCUT2D eigenvalue weighted by molar-refractivity contribution is -0.439. The van der Waals surface area contributed by atoms with Gasteiger partial charge in [-0.3, -0.25) is 4.57 Å². The number of hydrogen-bond donors (Lipinski definition) is 7. The fraction of sp³-hybridized carbons (Fsp3) is 0.917. The van der Waals surface area contributed by atoms with Gasteiger partial charge in [-0.15, -0.1) is 0 Å². The average molecular weight is 542 g/mol. The van der Waals surface area contributed by atoms with Crippen LogP contribution in [-0.4, -0.2) is 86.0 Å². The molecule has 11 nitrogen and oxygen atoms in total. The normalized spacial score (nSPS) is 30.4. The van der Waals surface area contributed by atoms with Gasteiger partial charge in [0.05, 0.1) is 0 Å². The van der Waals surface area contributed by atoms with Crippen LogP contribution in [0, 0.1) is 0 Å². The molecule has 0 aromatic carbocycles. The van der Waals surface area contributed by atoms with Gasteiger partial charge in [0.15, 0.2) is 0 Å². The molecule has 0 aromatic heterocycles. The summed E-state index contributed by atoms with van der Waals surface area (Å²) < 4.78 is 21.4. The first-order valence-electron chi connectivity index (χ1n) is 13.2. The molecule has 0 heterocycles. The van der Waals surface area contributed by atoms with Crippen LogP contribution in [0.1, 0.15) is 84.0 Å². The van der Waals surface area contributed by atoms with E-state index in [1.165, 1.54) is 63.9 Å². The maximum absolute atomic E-state index is 12.1. The molecule has 0 amide bonds. The van der Waals surface area contributed by atoms with Gasteiger partial charge >= 0.3 is 0 Å². The standard InChI is InChI=1S/C24H48NO10P/c1-2-3-4-5-6-7-8-9-10-11-12-13-14-15-18(26)17(25)16-34-36(32,33)35-24-22(30)20(28)19(27)21(29)23(24)31/h14-15,17-24,26-31H,2-13,16,25H2,1H3,(H,32,33)/b15-14+/t17-,18+,19?,20+,21?,22?,23?,24?/m0/s1. The van der Waals surface area contributed by atoms with E-state index >= 15 is 0 Å². The highest BCUT2D eigenvalue weighted by molar-refractivity contribution is 7.45. The van der Waals surface area contributed by atoms with E-state index in [0.717, 1.165) is 19.3 Å². The third-order valence-corrected chi connectivity index (χ3v) is 7.53. The van der Waals surface area contributed by atoms with Crippen LogP contribution in [0.15, 0.2) is 12.2 Å². The van der Waals surface area contributed by atoms with Crippen LogP contribution < -0.4 is 10.6 Å². The van der Waals surface area contributed by atoms with Crippen molar-refractivity contribution in [2.24, 2.45) is 0 Å². The molecule has 9 atom stereocenters. The van der Waals surface area contributed by atoms with Gasteiger partial charge in [-0.1, -0.05) is 83.3 Å². The lowest BCUT2D eigenvalue weighted by atomic mass is 9.85. The third kappa shape index (κ3) is 12.4. The Morgan fingerprint density at radius 3 is 1.78 bits per heavy atom. The van der Waals surface area contributed by atoms with Crippen molar-refractivity contribution in [3.8, 4) is 0 Å². The van der Waals surface area contributed by atoms with Crippen LogP contribution in [-0.2, 0) is 13.6 Å². The van der Waals surface area contributed by atoms with Gasteiger partial charge in [0.25, 0.3) is 7.82 Å². The zero-order valence-electron chi connectivity index (χ0n) is 21.4. The molecule has 214 valence electrons. The van der Waals surface area contributed by atoms with Crippen molar-refractivity contribution in [2.75, 3.05) is 6.61 Å². The monoisotopic (exact) mass is 541 g/mol. The Morgan fingerprint density at radius 1 is 0.833 bits per heavy atom. The summed E-state index contributed by atoms with van der Waals surface area (Å²) in [5.74, 6) is 0. The van der Waals surface area contributed by atoms with Gasteiger partial charge in [0, 0.05) is 0 Å². The fourth-order valence-electron chi connectivity index (χ4n) is 4.11. The van der Waals surface area contributed by atoms with Gasteiger partial charge in [0.2, 0.25) is 0 Å². The molecule has 1 saturated carbocycles. The molecular formula is C24H48NO10P. The Hall–Kier alpha value is -0.430. The zero-order chi connectivity index (χ0) is 27.1. The van der Waals surface area contributed by atoms with E-state index in [-0.39, 0.29) is 0 Å². The molecule has 0 radical (unpaired) electrons. The zero-order valence-corrected chi connectivity index (χ0v) is 22.3. The van der Waals surface area contributed by atoms with Crippen LogP contribution in [0.5, 0.6) is 0 Å². The number of phosphoric ester groups is 1. The summed E-state index contributed by atoms with van der Waals surface area (Å²) in [5.41, 5.74) is 3.68. The molecule has 6 unspecified atom stereocenters. The van der Waals surface area contributed by atoms with E-state index in [1.54, 1.807) is 0 Å². The van der Waals surface area contributed by atoms with Crippen molar-refractivity contribution >= 4 is 7.82 Å². The van der Waals surface area contributed by atoms with Crippen molar-refractivity contribution in [1.82, 2.24) is 0 Å². The second kappa shape index (κ2) is 18.0. The molecule has 9 N–H and O–H groups in total. The van der Waals surface area contributed by atoms with Crippen LogP contribution in [0.4, 0.5) is 0 Å². The van der Waals surface area contributed by atoms with E-state index in [1.807, 2.05) is 6.08 Å². The number of quaternary nitrogens is 1. The summed E-state index contributed by atoms with van der Waals surface area (Å²) in [6.07, 6.45) is 5.19. The van der Waals surface area contributed by atoms with Crippen molar-refractivity contribution in [1.29, 1.82) is 0 Å². The maximum Gasteiger partial charge on any atom is 0.268 e. The summed E-state index contributed by atoms with van der Waals surface area (Å²) in [5, 5.41) is 58.8. The number of unbranched alkanes of at least 4 members (excludes halogenated alkanes) is 11. The Kier molecular flexibility index (Phi) is 16.8. The number of aliphatic hydroxyl groups excluding tert-OH is 6. The predicted octanol–water partition coefficient (Wildman–Crippen LogP) is -0.0966. The van der Waals surface area contributed by atoms with Crippen LogP contribution >= 0.6 is 7.82 Å². The van der Waals surface area contributed by atoms with Gasteiger partial charge in [-0.2, -0.15) is 0 Å². The van der Waals surface area contributed by atoms with E-state index in [4.69, 9.17) is 4.52 Å². The maximum atomic E-state index is 12.1. The molecule has 1 aliphatic carbocycles. The molecule has 0 aliphatic heterocycles. The Bertz CT molecular complexity index is 638. The molecule has 1 fully saturated rings. The van der Waals surface area contributed by atoms with Crippen molar-refractivity contribution in [2.45, 2.75) is 133 Å². The summed E-state index contributed by atoms with van der Waals surface area (Å²) in [6, 6.07) is -0.844. The average Bonchev–Trinajstić information content (AvgIpc) is 2.85. The summed E-state index contributed by atoms with van der Waals surface area (Å²) in [4.78, 5) is 12.1. The van der Waals surface area contributed by atoms with E-state index in [0.29, 0.717) is 0 Å². The van der Waals surface area contributed by atoms with Crippen LogP contribution in [0.2, 0.25) is 0 Å². The quantitative estimate of drug-likeness (QED) is 0.0656. The van der Waals surface area contributed by atoms with E-state index in [9.17, 15) is 40.1 Å². The predicted molar refractivity (Wildman–Crippen MR) is 131 cm³/mol. The molecule has 0 bridgehead atoms. The van der Waals surface area contributed by atoms with Crippen LogP contribution in [0.3, 0.4) is 0 Å². The smallest absolute Gasteiger partial charge is 0.268 e. The lowest BCUT2D eigenvalue weighted by Gasteiger charge is -2.43. The number of phosphoric acid groups is 1. The topological polar surface area (TPSA) is 208 Å².